The number of nitrogens with one attached hydrogen (secondary N) is 3. The Morgan fingerprint density at radius 1 is 1.04 bits per heavy atom. The highest BCUT2D eigenvalue weighted by molar-refractivity contribution is 7.80. The highest BCUT2D eigenvalue weighted by Crippen LogP contribution is 2.24. The SMILES string of the molecule is Cc1cccc(C(=O)NNC(=S)NC(=O)COc2ccc(C(C)(C)C)cc2)c1. The lowest BCUT2D eigenvalue weighted by Crippen LogP contribution is -2.49. The van der Waals surface area contributed by atoms with E-state index in [0.29, 0.717) is 11.3 Å². The van der Waals surface area contributed by atoms with Crippen molar-refractivity contribution in [2.45, 2.75) is 33.1 Å². The average molecular weight is 400 g/mol. The summed E-state index contributed by atoms with van der Waals surface area (Å²) in [4.78, 5) is 24.0. The number of carbonyl (C=O) groups is 2. The molecule has 0 saturated heterocycles. The second kappa shape index (κ2) is 9.32. The highest BCUT2D eigenvalue weighted by Gasteiger charge is 2.13. The molecule has 2 rings (SSSR count). The molecule has 0 aliphatic heterocycles. The molecule has 0 bridgehead atoms. The van der Waals surface area contributed by atoms with E-state index in [1.165, 1.54) is 5.56 Å². The summed E-state index contributed by atoms with van der Waals surface area (Å²) in [7, 11) is 0. The average Bonchev–Trinajstić information content (AvgIpc) is 2.64. The molecule has 0 atom stereocenters. The lowest BCUT2D eigenvalue weighted by atomic mass is 9.87. The predicted molar refractivity (Wildman–Crippen MR) is 113 cm³/mol. The zero-order valence-corrected chi connectivity index (χ0v) is 17.3. The van der Waals surface area contributed by atoms with Crippen LogP contribution in [0.15, 0.2) is 48.5 Å². The highest BCUT2D eigenvalue weighted by atomic mass is 32.1. The van der Waals surface area contributed by atoms with Crippen molar-refractivity contribution in [3.8, 4) is 5.75 Å². The molecule has 0 spiro atoms. The van der Waals surface area contributed by atoms with Gasteiger partial charge in [-0.05, 0) is 54.4 Å². The Labute approximate surface area is 170 Å². The second-order valence-electron chi connectivity index (χ2n) is 7.39. The van der Waals surface area contributed by atoms with Gasteiger partial charge in [0.15, 0.2) is 11.7 Å². The first-order valence-electron chi connectivity index (χ1n) is 8.85. The van der Waals surface area contributed by atoms with E-state index in [-0.39, 0.29) is 23.0 Å². The molecule has 0 heterocycles. The van der Waals surface area contributed by atoms with Gasteiger partial charge >= 0.3 is 0 Å². The van der Waals surface area contributed by atoms with E-state index < -0.39 is 5.91 Å². The Hall–Kier alpha value is -2.93. The van der Waals surface area contributed by atoms with Gasteiger partial charge in [0.25, 0.3) is 11.8 Å². The van der Waals surface area contributed by atoms with Crippen molar-refractivity contribution in [2.75, 3.05) is 6.61 Å². The van der Waals surface area contributed by atoms with Crippen LogP contribution in [0.1, 0.15) is 42.3 Å². The van der Waals surface area contributed by atoms with Crippen LogP contribution < -0.4 is 20.9 Å². The number of aryl methyl sites for hydroxylation is 1. The van der Waals surface area contributed by atoms with Gasteiger partial charge in [-0.15, -0.1) is 0 Å². The number of carbonyl (C=O) groups excluding carboxylic acids is 2. The molecule has 2 amide bonds. The standard InChI is InChI=1S/C21H25N3O3S/c1-14-6-5-7-15(12-14)19(26)23-24-20(28)22-18(25)13-27-17-10-8-16(9-11-17)21(2,3)4/h5-12H,13H2,1-4H3,(H,23,26)(H2,22,24,25,28). The van der Waals surface area contributed by atoms with Gasteiger partial charge in [-0.1, -0.05) is 50.6 Å². The van der Waals surface area contributed by atoms with Crippen LogP contribution in [-0.4, -0.2) is 23.5 Å². The van der Waals surface area contributed by atoms with Gasteiger partial charge in [0.05, 0.1) is 0 Å². The van der Waals surface area contributed by atoms with Gasteiger partial charge in [0.2, 0.25) is 0 Å². The molecule has 0 aliphatic carbocycles. The minimum Gasteiger partial charge on any atom is -0.484 e. The zero-order chi connectivity index (χ0) is 20.7. The Morgan fingerprint density at radius 2 is 1.71 bits per heavy atom. The number of ether oxygens (including phenoxy) is 1. The zero-order valence-electron chi connectivity index (χ0n) is 16.5. The fraction of sp³-hybridized carbons (Fsp3) is 0.286. The smallest absolute Gasteiger partial charge is 0.269 e. The summed E-state index contributed by atoms with van der Waals surface area (Å²) in [5.74, 6) is -0.188. The third-order valence-corrected chi connectivity index (χ3v) is 4.12. The Morgan fingerprint density at radius 3 is 2.32 bits per heavy atom. The van der Waals surface area contributed by atoms with E-state index in [9.17, 15) is 9.59 Å². The third-order valence-electron chi connectivity index (χ3n) is 3.91. The minimum absolute atomic E-state index is 0.0160. The molecule has 6 nitrogen and oxygen atoms in total. The van der Waals surface area contributed by atoms with Crippen LogP contribution in [-0.2, 0) is 10.2 Å². The van der Waals surface area contributed by atoms with Crippen LogP contribution in [0.4, 0.5) is 0 Å². The first-order chi connectivity index (χ1) is 13.1. The molecule has 0 aliphatic rings. The molecule has 2 aromatic carbocycles. The number of hydrogen-bond acceptors (Lipinski definition) is 4. The molecule has 0 fully saturated rings. The van der Waals surface area contributed by atoms with Gasteiger partial charge in [-0.25, -0.2) is 0 Å². The first-order valence-corrected chi connectivity index (χ1v) is 9.26. The summed E-state index contributed by atoms with van der Waals surface area (Å²) in [5.41, 5.74) is 7.63. The van der Waals surface area contributed by atoms with Crippen molar-refractivity contribution in [2.24, 2.45) is 0 Å². The predicted octanol–water partition coefficient (Wildman–Crippen LogP) is 3.01. The summed E-state index contributed by atoms with van der Waals surface area (Å²) in [5, 5.41) is 2.43. The van der Waals surface area contributed by atoms with Crippen LogP contribution >= 0.6 is 12.2 Å². The second-order valence-corrected chi connectivity index (χ2v) is 7.80. The van der Waals surface area contributed by atoms with Crippen molar-refractivity contribution in [3.63, 3.8) is 0 Å². The molecule has 0 radical (unpaired) electrons. The molecule has 0 unspecified atom stereocenters. The number of thiocarbonyl (C=S) groups is 1. The molecule has 28 heavy (non-hydrogen) atoms. The first kappa shape index (κ1) is 21.4. The lowest BCUT2D eigenvalue weighted by molar-refractivity contribution is -0.121. The fourth-order valence-corrected chi connectivity index (χ4v) is 2.53. The molecule has 0 aromatic heterocycles. The van der Waals surface area contributed by atoms with Crippen LogP contribution in [0.2, 0.25) is 0 Å². The van der Waals surface area contributed by atoms with Crippen molar-refractivity contribution < 1.29 is 14.3 Å². The fourth-order valence-electron chi connectivity index (χ4n) is 2.37. The van der Waals surface area contributed by atoms with E-state index in [4.69, 9.17) is 17.0 Å². The van der Waals surface area contributed by atoms with Gasteiger partial charge < -0.3 is 4.74 Å². The molecule has 3 N–H and O–H groups in total. The number of benzene rings is 2. The Kier molecular flexibility index (Phi) is 7.12. The topological polar surface area (TPSA) is 79.5 Å². The molecule has 148 valence electrons. The van der Waals surface area contributed by atoms with Crippen molar-refractivity contribution in [3.05, 3.63) is 65.2 Å². The maximum atomic E-state index is 12.0. The molecular formula is C21H25N3O3S. The summed E-state index contributed by atoms with van der Waals surface area (Å²) in [6.45, 7) is 8.08. The molecule has 7 heteroatoms. The number of hydrogen-bond donors (Lipinski definition) is 3. The van der Waals surface area contributed by atoms with Gasteiger partial charge in [-0.3, -0.25) is 25.8 Å². The molecular weight excluding hydrogens is 374 g/mol. The van der Waals surface area contributed by atoms with Gasteiger partial charge in [-0.2, -0.15) is 0 Å². The monoisotopic (exact) mass is 399 g/mol. The maximum absolute atomic E-state index is 12.0. The number of amides is 2. The largest absolute Gasteiger partial charge is 0.484 e. The van der Waals surface area contributed by atoms with Crippen molar-refractivity contribution >= 4 is 29.1 Å². The summed E-state index contributed by atoms with van der Waals surface area (Å²) < 4.78 is 5.46. The molecule has 2 aromatic rings. The van der Waals surface area contributed by atoms with E-state index in [1.54, 1.807) is 18.2 Å². The Bertz CT molecular complexity index is 858. The van der Waals surface area contributed by atoms with E-state index >= 15 is 0 Å². The van der Waals surface area contributed by atoms with E-state index in [0.717, 1.165) is 5.56 Å². The summed E-state index contributed by atoms with van der Waals surface area (Å²) in [6.07, 6.45) is 0. The number of hydrazine groups is 1. The quantitative estimate of drug-likeness (QED) is 0.544. The summed E-state index contributed by atoms with van der Waals surface area (Å²) in [6, 6.07) is 14.7. The lowest BCUT2D eigenvalue weighted by Gasteiger charge is -2.19. The van der Waals surface area contributed by atoms with Gasteiger partial charge in [0, 0.05) is 5.56 Å². The maximum Gasteiger partial charge on any atom is 0.269 e. The van der Waals surface area contributed by atoms with Gasteiger partial charge in [0.1, 0.15) is 5.75 Å². The van der Waals surface area contributed by atoms with Crippen LogP contribution in [0.25, 0.3) is 0 Å². The van der Waals surface area contributed by atoms with Crippen molar-refractivity contribution in [1.29, 1.82) is 0 Å². The Balaban J connectivity index is 1.75. The number of rotatable bonds is 4. The van der Waals surface area contributed by atoms with Crippen LogP contribution in [0, 0.1) is 6.92 Å². The van der Waals surface area contributed by atoms with E-state index in [1.807, 2.05) is 37.3 Å². The third kappa shape index (κ3) is 6.66. The van der Waals surface area contributed by atoms with E-state index in [2.05, 4.69) is 36.9 Å². The normalized spacial score (nSPS) is 10.7. The molecule has 0 saturated carbocycles. The van der Waals surface area contributed by atoms with Crippen LogP contribution in [0.3, 0.4) is 0 Å². The van der Waals surface area contributed by atoms with Crippen molar-refractivity contribution in [1.82, 2.24) is 16.2 Å². The van der Waals surface area contributed by atoms with Crippen LogP contribution in [0.5, 0.6) is 5.75 Å². The summed E-state index contributed by atoms with van der Waals surface area (Å²) >= 11 is 5.00. The minimum atomic E-state index is -0.429.